The number of rotatable bonds is 1. The zero-order valence-electron chi connectivity index (χ0n) is 6.87. The summed E-state index contributed by atoms with van der Waals surface area (Å²) in [6.45, 7) is 1.12. The Labute approximate surface area is 84.4 Å². The minimum absolute atomic E-state index is 0.262. The Balaban J connectivity index is 2.25. The van der Waals surface area contributed by atoms with Gasteiger partial charge in [0.25, 0.3) is 0 Å². The number of nitrogens with zero attached hydrogens (tertiary/aromatic N) is 1. The number of carbonyl (C=O) groups is 1. The van der Waals surface area contributed by atoms with Crippen molar-refractivity contribution in [1.82, 2.24) is 0 Å². The van der Waals surface area contributed by atoms with Gasteiger partial charge in [0.15, 0.2) is 0 Å². The minimum Gasteiger partial charge on any atom is -0.447 e. The quantitative estimate of drug-likeness (QED) is 0.756. The molecule has 1 aromatic carbocycles. The highest BCUT2D eigenvalue weighted by atomic mass is 79.9. The lowest BCUT2D eigenvalue weighted by atomic mass is 10.3. The Morgan fingerprint density at radius 3 is 2.54 bits per heavy atom. The van der Waals surface area contributed by atoms with Crippen LogP contribution < -0.4 is 4.90 Å². The number of benzene rings is 1. The Morgan fingerprint density at radius 1 is 1.31 bits per heavy atom. The molecule has 1 heterocycles. The summed E-state index contributed by atoms with van der Waals surface area (Å²) in [5.74, 6) is 0. The Hall–Kier alpha value is -1.03. The lowest BCUT2D eigenvalue weighted by Crippen LogP contribution is -2.22. The zero-order valence-corrected chi connectivity index (χ0v) is 8.45. The smallest absolute Gasteiger partial charge is 0.414 e. The molecule has 1 saturated heterocycles. The van der Waals surface area contributed by atoms with Gasteiger partial charge in [-0.2, -0.15) is 0 Å². The normalized spacial score (nSPS) is 16.1. The first-order chi connectivity index (χ1) is 6.27. The summed E-state index contributed by atoms with van der Waals surface area (Å²) >= 11 is 3.33. The maximum atomic E-state index is 11.2. The van der Waals surface area contributed by atoms with Crippen molar-refractivity contribution in [2.45, 2.75) is 0 Å². The summed E-state index contributed by atoms with van der Waals surface area (Å²) in [6, 6.07) is 7.58. The molecule has 0 saturated carbocycles. The van der Waals surface area contributed by atoms with Gasteiger partial charge in [0.2, 0.25) is 0 Å². The predicted molar refractivity (Wildman–Crippen MR) is 52.8 cm³/mol. The molecular formula is C9H8BrNO2. The Bertz CT molecular complexity index is 323. The summed E-state index contributed by atoms with van der Waals surface area (Å²) in [4.78, 5) is 12.8. The molecule has 0 atom stereocenters. The average Bonchev–Trinajstić information content (AvgIpc) is 2.53. The number of ether oxygens (including phenoxy) is 1. The number of amides is 1. The zero-order chi connectivity index (χ0) is 9.26. The van der Waals surface area contributed by atoms with Crippen LogP contribution in [0.1, 0.15) is 0 Å². The SMILES string of the molecule is O=C1OCCN1c1ccc(Br)cc1. The van der Waals surface area contributed by atoms with Gasteiger partial charge in [0, 0.05) is 10.2 Å². The van der Waals surface area contributed by atoms with Crippen molar-refractivity contribution in [3.8, 4) is 0 Å². The number of hydrogen-bond donors (Lipinski definition) is 0. The second kappa shape index (κ2) is 3.38. The van der Waals surface area contributed by atoms with Crippen LogP contribution in [-0.4, -0.2) is 19.2 Å². The lowest BCUT2D eigenvalue weighted by molar-refractivity contribution is 0.181. The molecule has 0 radical (unpaired) electrons. The summed E-state index contributed by atoms with van der Waals surface area (Å²) < 4.78 is 5.83. The maximum absolute atomic E-state index is 11.2. The molecule has 0 unspecified atom stereocenters. The van der Waals surface area contributed by atoms with E-state index in [2.05, 4.69) is 15.9 Å². The lowest BCUT2D eigenvalue weighted by Gasteiger charge is -2.11. The summed E-state index contributed by atoms with van der Waals surface area (Å²) in [5, 5.41) is 0. The van der Waals surface area contributed by atoms with Crippen LogP contribution in [0.3, 0.4) is 0 Å². The molecule has 0 spiro atoms. The van der Waals surface area contributed by atoms with Gasteiger partial charge >= 0.3 is 6.09 Å². The molecule has 4 heteroatoms. The number of hydrogen-bond acceptors (Lipinski definition) is 2. The average molecular weight is 242 g/mol. The van der Waals surface area contributed by atoms with Gasteiger partial charge < -0.3 is 4.74 Å². The van der Waals surface area contributed by atoms with Crippen LogP contribution in [0.4, 0.5) is 10.5 Å². The molecule has 1 fully saturated rings. The highest BCUT2D eigenvalue weighted by Crippen LogP contribution is 2.20. The van der Waals surface area contributed by atoms with E-state index in [1.54, 1.807) is 4.90 Å². The third-order valence-corrected chi connectivity index (χ3v) is 2.43. The molecule has 1 aromatic rings. The fourth-order valence-corrected chi connectivity index (χ4v) is 1.51. The van der Waals surface area contributed by atoms with Crippen molar-refractivity contribution in [1.29, 1.82) is 0 Å². The standard InChI is InChI=1S/C9H8BrNO2/c10-7-1-3-8(4-2-7)11-5-6-13-9(11)12/h1-4H,5-6H2. The van der Waals surface area contributed by atoms with E-state index in [0.29, 0.717) is 13.2 Å². The van der Waals surface area contributed by atoms with Crippen molar-refractivity contribution < 1.29 is 9.53 Å². The van der Waals surface area contributed by atoms with E-state index in [0.717, 1.165) is 10.2 Å². The number of cyclic esters (lactones) is 1. The van der Waals surface area contributed by atoms with E-state index >= 15 is 0 Å². The second-order valence-corrected chi connectivity index (χ2v) is 3.66. The van der Waals surface area contributed by atoms with Crippen LogP contribution in [0.2, 0.25) is 0 Å². The molecule has 2 rings (SSSR count). The minimum atomic E-state index is -0.262. The largest absolute Gasteiger partial charge is 0.447 e. The summed E-state index contributed by atoms with van der Waals surface area (Å²) in [6.07, 6.45) is -0.262. The van der Waals surface area contributed by atoms with E-state index < -0.39 is 0 Å². The van der Waals surface area contributed by atoms with E-state index in [9.17, 15) is 4.79 Å². The second-order valence-electron chi connectivity index (χ2n) is 2.74. The summed E-state index contributed by atoms with van der Waals surface area (Å²) in [7, 11) is 0. The van der Waals surface area contributed by atoms with Crippen LogP contribution in [-0.2, 0) is 4.74 Å². The van der Waals surface area contributed by atoms with Crippen molar-refractivity contribution >= 4 is 27.7 Å². The molecule has 13 heavy (non-hydrogen) atoms. The fourth-order valence-electron chi connectivity index (χ4n) is 1.25. The third-order valence-electron chi connectivity index (χ3n) is 1.90. The first-order valence-corrected chi connectivity index (χ1v) is 4.76. The number of anilines is 1. The molecule has 0 bridgehead atoms. The number of carbonyl (C=O) groups excluding carboxylic acids is 1. The van der Waals surface area contributed by atoms with Crippen molar-refractivity contribution in [2.24, 2.45) is 0 Å². The van der Waals surface area contributed by atoms with Gasteiger partial charge in [-0.3, -0.25) is 4.90 Å². The molecule has 68 valence electrons. The first kappa shape index (κ1) is 8.56. The van der Waals surface area contributed by atoms with Crippen LogP contribution >= 0.6 is 15.9 Å². The van der Waals surface area contributed by atoms with Gasteiger partial charge in [-0.25, -0.2) is 4.79 Å². The van der Waals surface area contributed by atoms with E-state index in [4.69, 9.17) is 4.74 Å². The third kappa shape index (κ3) is 1.67. The predicted octanol–water partition coefficient (Wildman–Crippen LogP) is 2.41. The molecular weight excluding hydrogens is 234 g/mol. The van der Waals surface area contributed by atoms with Crippen molar-refractivity contribution in [3.63, 3.8) is 0 Å². The van der Waals surface area contributed by atoms with Crippen LogP contribution in [0.25, 0.3) is 0 Å². The van der Waals surface area contributed by atoms with Gasteiger partial charge in [-0.05, 0) is 24.3 Å². The van der Waals surface area contributed by atoms with Gasteiger partial charge in [-0.15, -0.1) is 0 Å². The van der Waals surface area contributed by atoms with Crippen LogP contribution in [0.5, 0.6) is 0 Å². The fraction of sp³-hybridized carbons (Fsp3) is 0.222. The van der Waals surface area contributed by atoms with Crippen molar-refractivity contribution in [3.05, 3.63) is 28.7 Å². The van der Waals surface area contributed by atoms with E-state index in [1.165, 1.54) is 0 Å². The molecule has 0 aliphatic carbocycles. The maximum Gasteiger partial charge on any atom is 0.414 e. The van der Waals surface area contributed by atoms with Gasteiger partial charge in [-0.1, -0.05) is 15.9 Å². The molecule has 1 amide bonds. The molecule has 1 aliphatic heterocycles. The molecule has 0 N–H and O–H groups in total. The highest BCUT2D eigenvalue weighted by molar-refractivity contribution is 9.10. The van der Waals surface area contributed by atoms with Crippen molar-refractivity contribution in [2.75, 3.05) is 18.1 Å². The molecule has 0 aromatic heterocycles. The Morgan fingerprint density at radius 2 is 2.00 bits per heavy atom. The summed E-state index contributed by atoms with van der Waals surface area (Å²) in [5.41, 5.74) is 0.880. The first-order valence-electron chi connectivity index (χ1n) is 3.97. The Kier molecular flexibility index (Phi) is 2.22. The van der Waals surface area contributed by atoms with Crippen LogP contribution in [0, 0.1) is 0 Å². The topological polar surface area (TPSA) is 29.5 Å². The molecule has 1 aliphatic rings. The van der Waals surface area contributed by atoms with E-state index in [1.807, 2.05) is 24.3 Å². The molecule has 3 nitrogen and oxygen atoms in total. The number of halogens is 1. The van der Waals surface area contributed by atoms with E-state index in [-0.39, 0.29) is 6.09 Å². The highest BCUT2D eigenvalue weighted by Gasteiger charge is 2.22. The monoisotopic (exact) mass is 241 g/mol. The van der Waals surface area contributed by atoms with Crippen LogP contribution in [0.15, 0.2) is 28.7 Å². The van der Waals surface area contributed by atoms with Gasteiger partial charge in [0.05, 0.1) is 6.54 Å². The van der Waals surface area contributed by atoms with Gasteiger partial charge in [0.1, 0.15) is 6.61 Å².